The summed E-state index contributed by atoms with van der Waals surface area (Å²) in [5, 5.41) is 0. The van der Waals surface area contributed by atoms with Crippen LogP contribution in [-0.4, -0.2) is 32.8 Å². The molecule has 0 fully saturated rings. The zero-order valence-corrected chi connectivity index (χ0v) is 11.2. The fraction of sp³-hybridized carbons (Fsp3) is 0.385. The van der Waals surface area contributed by atoms with Crippen LogP contribution in [0.5, 0.6) is 0 Å². The van der Waals surface area contributed by atoms with Crippen molar-refractivity contribution >= 4 is 22.6 Å². The van der Waals surface area contributed by atoms with Gasteiger partial charge in [-0.2, -0.15) is 0 Å². The molecule has 1 atom stereocenters. The largest absolute Gasteiger partial charge is 0.291 e. The molecule has 1 aromatic rings. The van der Waals surface area contributed by atoms with E-state index in [4.69, 9.17) is 0 Å². The third-order valence-corrected chi connectivity index (χ3v) is 3.94. The third-order valence-electron chi connectivity index (χ3n) is 2.47. The summed E-state index contributed by atoms with van der Waals surface area (Å²) in [5.41, 5.74) is 1.05. The van der Waals surface area contributed by atoms with E-state index in [1.807, 2.05) is 30.3 Å². The maximum atomic E-state index is 11.6. The maximum Gasteiger partial charge on any atom is 0.218 e. The number of hydrogen-bond acceptors (Lipinski definition) is 4. The van der Waals surface area contributed by atoms with Gasteiger partial charge < -0.3 is 0 Å². The molecule has 0 unspecified atom stereocenters. The van der Waals surface area contributed by atoms with Crippen LogP contribution in [0.4, 0.5) is 0 Å². The number of carbonyl (C=O) groups excluding carboxylic acids is 2. The normalized spacial score (nSPS) is 12.8. The van der Waals surface area contributed by atoms with Crippen molar-refractivity contribution in [1.29, 1.82) is 0 Å². The first-order chi connectivity index (χ1) is 9.07. The van der Waals surface area contributed by atoms with Gasteiger partial charge in [-0.25, -0.2) is 13.1 Å². The van der Waals surface area contributed by atoms with E-state index in [9.17, 15) is 18.0 Å². The smallest absolute Gasteiger partial charge is 0.218 e. The Morgan fingerprint density at radius 2 is 1.84 bits per heavy atom. The first-order valence-electron chi connectivity index (χ1n) is 5.84. The fourth-order valence-electron chi connectivity index (χ4n) is 1.58. The van der Waals surface area contributed by atoms with E-state index in [-0.39, 0.29) is 12.2 Å². The molecule has 1 rings (SSSR count). The lowest BCUT2D eigenvalue weighted by molar-refractivity contribution is 0.517. The minimum atomic E-state index is -3.58. The summed E-state index contributed by atoms with van der Waals surface area (Å²) in [6.07, 6.45) is 3.71. The van der Waals surface area contributed by atoms with E-state index >= 15 is 0 Å². The number of hydrogen-bond donors (Lipinski definition) is 1. The van der Waals surface area contributed by atoms with Crippen molar-refractivity contribution in [3.8, 4) is 0 Å². The van der Waals surface area contributed by atoms with Gasteiger partial charge in [0.05, 0.1) is 11.8 Å². The number of benzene rings is 1. The minimum Gasteiger partial charge on any atom is -0.291 e. The van der Waals surface area contributed by atoms with Gasteiger partial charge in [0.15, 0.2) is 0 Å². The zero-order chi connectivity index (χ0) is 14.1. The molecule has 1 N–H and O–H groups in total. The number of aryl methyl sites for hydroxylation is 1. The van der Waals surface area contributed by atoms with Gasteiger partial charge >= 0.3 is 0 Å². The van der Waals surface area contributed by atoms with Crippen molar-refractivity contribution in [1.82, 2.24) is 4.72 Å². The van der Waals surface area contributed by atoms with Gasteiger partial charge in [0.25, 0.3) is 0 Å². The van der Waals surface area contributed by atoms with Gasteiger partial charge in [-0.15, -0.1) is 0 Å². The SMILES string of the molecule is O=[C]C[C@@H]([C]=O)NS(=O)(=O)CCCc1ccccc1. The topological polar surface area (TPSA) is 80.3 Å². The highest BCUT2D eigenvalue weighted by atomic mass is 32.2. The van der Waals surface area contributed by atoms with E-state index in [1.165, 1.54) is 12.6 Å². The van der Waals surface area contributed by atoms with Crippen molar-refractivity contribution < 1.29 is 18.0 Å². The molecular formula is C13H15NO4S. The van der Waals surface area contributed by atoms with E-state index < -0.39 is 16.1 Å². The Morgan fingerprint density at radius 1 is 1.16 bits per heavy atom. The van der Waals surface area contributed by atoms with Gasteiger partial charge in [-0.1, -0.05) is 30.3 Å². The van der Waals surface area contributed by atoms with E-state index in [1.54, 1.807) is 0 Å². The maximum absolute atomic E-state index is 11.6. The lowest BCUT2D eigenvalue weighted by atomic mass is 10.1. The Morgan fingerprint density at radius 3 is 2.42 bits per heavy atom. The Balaban J connectivity index is 2.42. The van der Waals surface area contributed by atoms with Crippen LogP contribution in [0.2, 0.25) is 0 Å². The van der Waals surface area contributed by atoms with Crippen LogP contribution in [0.15, 0.2) is 30.3 Å². The molecule has 102 valence electrons. The van der Waals surface area contributed by atoms with Gasteiger partial charge in [-0.3, -0.25) is 9.59 Å². The molecule has 6 heteroatoms. The van der Waals surface area contributed by atoms with Crippen LogP contribution in [0.1, 0.15) is 18.4 Å². The second-order valence-corrected chi connectivity index (χ2v) is 5.92. The first-order valence-corrected chi connectivity index (χ1v) is 7.49. The molecular weight excluding hydrogens is 266 g/mol. The number of rotatable bonds is 9. The predicted molar refractivity (Wildman–Crippen MR) is 71.5 cm³/mol. The van der Waals surface area contributed by atoms with Crippen LogP contribution in [0.25, 0.3) is 0 Å². The van der Waals surface area contributed by atoms with Gasteiger partial charge in [0.2, 0.25) is 22.6 Å². The summed E-state index contributed by atoms with van der Waals surface area (Å²) in [5.74, 6) is -0.0983. The first kappa shape index (κ1) is 15.5. The highest BCUT2D eigenvalue weighted by molar-refractivity contribution is 7.89. The molecule has 0 saturated carbocycles. The van der Waals surface area contributed by atoms with Crippen molar-refractivity contribution in [2.24, 2.45) is 0 Å². The Labute approximate surface area is 113 Å². The summed E-state index contributed by atoms with van der Waals surface area (Å²) >= 11 is 0. The molecule has 0 amide bonds. The molecule has 0 spiro atoms. The second-order valence-electron chi connectivity index (χ2n) is 4.04. The monoisotopic (exact) mass is 281 g/mol. The average Bonchev–Trinajstić information content (AvgIpc) is 2.39. The second kappa shape index (κ2) is 7.81. The quantitative estimate of drug-likeness (QED) is 0.715. The van der Waals surface area contributed by atoms with Crippen LogP contribution in [-0.2, 0) is 26.0 Å². The van der Waals surface area contributed by atoms with Crippen molar-refractivity contribution in [3.63, 3.8) is 0 Å². The van der Waals surface area contributed by atoms with Gasteiger partial charge in [0, 0.05) is 6.42 Å². The van der Waals surface area contributed by atoms with E-state index in [0.717, 1.165) is 5.56 Å². The highest BCUT2D eigenvalue weighted by Crippen LogP contribution is 2.04. The lowest BCUT2D eigenvalue weighted by Crippen LogP contribution is -2.37. The summed E-state index contributed by atoms with van der Waals surface area (Å²) < 4.78 is 25.4. The molecule has 2 radical (unpaired) electrons. The lowest BCUT2D eigenvalue weighted by Gasteiger charge is -2.09. The molecule has 0 heterocycles. The fourth-order valence-corrected chi connectivity index (χ4v) is 2.78. The van der Waals surface area contributed by atoms with Crippen molar-refractivity contribution in [2.75, 3.05) is 5.75 Å². The molecule has 5 nitrogen and oxygen atoms in total. The Hall–Kier alpha value is -1.53. The molecule has 1 aromatic carbocycles. The highest BCUT2D eigenvalue weighted by Gasteiger charge is 2.17. The van der Waals surface area contributed by atoms with Crippen LogP contribution in [0, 0.1) is 0 Å². The predicted octanol–water partition coefficient (Wildman–Crippen LogP) is 0.517. The zero-order valence-electron chi connectivity index (χ0n) is 10.3. The molecule has 0 aliphatic rings. The van der Waals surface area contributed by atoms with Crippen molar-refractivity contribution in [3.05, 3.63) is 35.9 Å². The van der Waals surface area contributed by atoms with Crippen LogP contribution < -0.4 is 4.72 Å². The average molecular weight is 281 g/mol. The summed E-state index contributed by atoms with van der Waals surface area (Å²) in [4.78, 5) is 20.6. The van der Waals surface area contributed by atoms with E-state index in [2.05, 4.69) is 4.72 Å². The van der Waals surface area contributed by atoms with Gasteiger partial charge in [-0.05, 0) is 18.4 Å². The molecule has 19 heavy (non-hydrogen) atoms. The molecule has 0 saturated heterocycles. The summed E-state index contributed by atoms with van der Waals surface area (Å²) in [6, 6.07) is 8.37. The van der Waals surface area contributed by atoms with E-state index in [0.29, 0.717) is 12.8 Å². The number of nitrogens with one attached hydrogen (secondary N) is 1. The molecule has 0 aliphatic heterocycles. The van der Waals surface area contributed by atoms with Crippen molar-refractivity contribution in [2.45, 2.75) is 25.3 Å². The van der Waals surface area contributed by atoms with Crippen LogP contribution in [0.3, 0.4) is 0 Å². The Bertz CT molecular complexity index is 499. The number of sulfonamides is 1. The molecule has 0 aliphatic carbocycles. The Kier molecular flexibility index (Phi) is 6.38. The molecule has 0 aromatic heterocycles. The standard InChI is InChI=1S/C13H15NO4S/c15-9-8-13(11-16)14-19(17,18)10-4-7-12-5-2-1-3-6-12/h1-3,5-6,13-14H,4,7-8,10H2/t13-/m0/s1. The minimum absolute atomic E-state index is 0.0983. The van der Waals surface area contributed by atoms with Crippen LogP contribution >= 0.6 is 0 Å². The van der Waals surface area contributed by atoms with Gasteiger partial charge in [0.1, 0.15) is 0 Å². The third kappa shape index (κ3) is 6.26. The summed E-state index contributed by atoms with van der Waals surface area (Å²) in [6.45, 7) is 0. The summed E-state index contributed by atoms with van der Waals surface area (Å²) in [7, 11) is -3.58. The molecule has 0 bridgehead atoms.